The quantitative estimate of drug-likeness (QED) is 0.347. The SMILES string of the molecule is CCc1cccc(-c2ccn([C@H]3CCC[C@@H](C)C(=O)Nc4ccccc4-c4ccnc3c4)c(=O)c2)c1F. The molecule has 0 spiro atoms. The van der Waals surface area contributed by atoms with Gasteiger partial charge in [0.15, 0.2) is 0 Å². The van der Waals surface area contributed by atoms with E-state index in [0.29, 0.717) is 36.0 Å². The summed E-state index contributed by atoms with van der Waals surface area (Å²) in [4.78, 5) is 30.9. The molecule has 1 aliphatic heterocycles. The minimum atomic E-state index is -0.310. The second kappa shape index (κ2) is 10.5. The number of benzene rings is 2. The van der Waals surface area contributed by atoms with Crippen molar-refractivity contribution in [2.75, 3.05) is 5.32 Å². The van der Waals surface area contributed by atoms with E-state index < -0.39 is 0 Å². The van der Waals surface area contributed by atoms with Gasteiger partial charge in [-0.1, -0.05) is 56.7 Å². The summed E-state index contributed by atoms with van der Waals surface area (Å²) in [6.45, 7) is 3.84. The van der Waals surface area contributed by atoms with Crippen molar-refractivity contribution in [1.29, 1.82) is 0 Å². The van der Waals surface area contributed by atoms with Crippen LogP contribution in [0.1, 0.15) is 50.4 Å². The number of para-hydroxylation sites is 1. The standard InChI is InChI=1S/C31H30FN3O2/c1-3-21-9-7-11-25(30(21)32)23-15-17-35(29(36)19-23)28-13-6-8-20(2)31(37)34-26-12-5-4-10-24(26)22-14-16-33-27(28)18-22/h4-5,7,9-12,14-20,28H,3,6,8,13H2,1-2H3,(H,34,37)/t20-,28+/m1/s1. The third-order valence-electron chi connectivity index (χ3n) is 7.24. The molecule has 2 atom stereocenters. The van der Waals surface area contributed by atoms with Gasteiger partial charge in [0.1, 0.15) is 5.82 Å². The van der Waals surface area contributed by atoms with Crippen molar-refractivity contribution in [3.05, 3.63) is 107 Å². The van der Waals surface area contributed by atoms with Crippen LogP contribution in [-0.4, -0.2) is 15.5 Å². The fourth-order valence-electron chi connectivity index (χ4n) is 5.07. The van der Waals surface area contributed by atoms with E-state index in [1.54, 1.807) is 35.2 Å². The average Bonchev–Trinajstić information content (AvgIpc) is 2.91. The maximum atomic E-state index is 15.0. The molecule has 6 heteroatoms. The number of nitrogens with zero attached hydrogens (tertiary/aromatic N) is 2. The molecule has 0 saturated carbocycles. The molecule has 1 N–H and O–H groups in total. The van der Waals surface area contributed by atoms with Gasteiger partial charge in [0.05, 0.1) is 11.7 Å². The molecule has 2 aromatic carbocycles. The minimum Gasteiger partial charge on any atom is -0.325 e. The van der Waals surface area contributed by atoms with Gasteiger partial charge >= 0.3 is 0 Å². The van der Waals surface area contributed by atoms with Gasteiger partial charge in [0.25, 0.3) is 5.56 Å². The fraction of sp³-hybridized carbons (Fsp3) is 0.258. The number of amides is 1. The number of anilines is 1. The molecule has 0 saturated heterocycles. The van der Waals surface area contributed by atoms with Gasteiger partial charge in [0, 0.05) is 41.2 Å². The monoisotopic (exact) mass is 495 g/mol. The van der Waals surface area contributed by atoms with Gasteiger partial charge in [-0.2, -0.15) is 0 Å². The third-order valence-corrected chi connectivity index (χ3v) is 7.24. The topological polar surface area (TPSA) is 64.0 Å². The Kier molecular flexibility index (Phi) is 6.99. The van der Waals surface area contributed by atoms with Crippen LogP contribution < -0.4 is 10.9 Å². The zero-order valence-corrected chi connectivity index (χ0v) is 21.1. The highest BCUT2D eigenvalue weighted by molar-refractivity contribution is 5.96. The second-order valence-corrected chi connectivity index (χ2v) is 9.65. The van der Waals surface area contributed by atoms with Crippen LogP contribution in [-0.2, 0) is 11.2 Å². The second-order valence-electron chi connectivity index (χ2n) is 9.65. The number of carbonyl (C=O) groups is 1. The van der Waals surface area contributed by atoms with Crippen LogP contribution in [0, 0.1) is 11.7 Å². The smallest absolute Gasteiger partial charge is 0.251 e. The van der Waals surface area contributed by atoms with Crippen molar-refractivity contribution in [2.45, 2.75) is 45.6 Å². The maximum absolute atomic E-state index is 15.0. The molecular formula is C31H30FN3O2. The lowest BCUT2D eigenvalue weighted by atomic mass is 9.95. The third kappa shape index (κ3) is 4.96. The average molecular weight is 496 g/mol. The first-order valence-electron chi connectivity index (χ1n) is 12.8. The molecule has 4 aromatic rings. The van der Waals surface area contributed by atoms with Crippen molar-refractivity contribution in [3.63, 3.8) is 0 Å². The Morgan fingerprint density at radius 3 is 2.57 bits per heavy atom. The zero-order valence-electron chi connectivity index (χ0n) is 21.1. The number of pyridine rings is 2. The number of aromatic nitrogens is 2. The number of fused-ring (bicyclic) bond motifs is 4. The van der Waals surface area contributed by atoms with Crippen molar-refractivity contribution >= 4 is 11.6 Å². The molecular weight excluding hydrogens is 465 g/mol. The lowest BCUT2D eigenvalue weighted by Crippen LogP contribution is -2.26. The number of nitrogens with one attached hydrogen (secondary N) is 1. The highest BCUT2D eigenvalue weighted by atomic mass is 19.1. The molecule has 37 heavy (non-hydrogen) atoms. The molecule has 188 valence electrons. The number of hydrogen-bond acceptors (Lipinski definition) is 3. The van der Waals surface area contributed by atoms with Gasteiger partial charge in [-0.3, -0.25) is 14.6 Å². The van der Waals surface area contributed by atoms with Crippen LogP contribution in [0.5, 0.6) is 0 Å². The van der Waals surface area contributed by atoms with Gasteiger partial charge in [-0.25, -0.2) is 4.39 Å². The van der Waals surface area contributed by atoms with Crippen LogP contribution in [0.25, 0.3) is 22.3 Å². The fourth-order valence-corrected chi connectivity index (χ4v) is 5.07. The van der Waals surface area contributed by atoms with Crippen LogP contribution in [0.4, 0.5) is 10.1 Å². The Balaban J connectivity index is 1.59. The van der Waals surface area contributed by atoms with E-state index in [4.69, 9.17) is 0 Å². The summed E-state index contributed by atoms with van der Waals surface area (Å²) in [5.74, 6) is -0.475. The summed E-state index contributed by atoms with van der Waals surface area (Å²) < 4.78 is 16.7. The van der Waals surface area contributed by atoms with E-state index in [1.165, 1.54) is 6.07 Å². The number of carbonyl (C=O) groups excluding carboxylic acids is 1. The summed E-state index contributed by atoms with van der Waals surface area (Å²) in [6.07, 6.45) is 6.15. The van der Waals surface area contributed by atoms with Crippen molar-refractivity contribution in [1.82, 2.24) is 9.55 Å². The minimum absolute atomic E-state index is 0.0169. The van der Waals surface area contributed by atoms with Gasteiger partial charge < -0.3 is 9.88 Å². The lowest BCUT2D eigenvalue weighted by molar-refractivity contribution is -0.119. The van der Waals surface area contributed by atoms with Crippen molar-refractivity contribution in [3.8, 4) is 22.3 Å². The first-order valence-corrected chi connectivity index (χ1v) is 12.8. The molecule has 2 bridgehead atoms. The van der Waals surface area contributed by atoms with Gasteiger partial charge in [-0.05, 0) is 60.2 Å². The molecule has 1 amide bonds. The number of halogens is 1. The Bertz CT molecular complexity index is 1510. The Morgan fingerprint density at radius 2 is 1.76 bits per heavy atom. The van der Waals surface area contributed by atoms with Crippen molar-refractivity contribution in [2.24, 2.45) is 5.92 Å². The summed E-state index contributed by atoms with van der Waals surface area (Å²) in [5, 5.41) is 3.08. The first kappa shape index (κ1) is 24.6. The van der Waals surface area contributed by atoms with E-state index in [-0.39, 0.29) is 29.2 Å². The molecule has 0 aliphatic carbocycles. The summed E-state index contributed by atoms with van der Waals surface area (Å²) in [6, 6.07) is 19.9. The Labute approximate surface area is 216 Å². The zero-order chi connectivity index (χ0) is 25.9. The van der Waals surface area contributed by atoms with Gasteiger partial charge in [0.2, 0.25) is 5.91 Å². The van der Waals surface area contributed by atoms with Crippen LogP contribution >= 0.6 is 0 Å². The van der Waals surface area contributed by atoms with Crippen LogP contribution in [0.15, 0.2) is 83.9 Å². The summed E-state index contributed by atoms with van der Waals surface area (Å²) >= 11 is 0. The highest BCUT2D eigenvalue weighted by Gasteiger charge is 2.22. The maximum Gasteiger partial charge on any atom is 0.251 e. The molecule has 5 rings (SSSR count). The van der Waals surface area contributed by atoms with E-state index in [0.717, 1.165) is 28.9 Å². The molecule has 5 nitrogen and oxygen atoms in total. The van der Waals surface area contributed by atoms with Crippen molar-refractivity contribution < 1.29 is 9.18 Å². The number of aryl methyl sites for hydroxylation is 1. The molecule has 0 unspecified atom stereocenters. The normalized spacial score (nSPS) is 17.8. The van der Waals surface area contributed by atoms with E-state index in [1.807, 2.05) is 56.3 Å². The van der Waals surface area contributed by atoms with E-state index in [9.17, 15) is 14.0 Å². The molecule has 0 radical (unpaired) electrons. The summed E-state index contributed by atoms with van der Waals surface area (Å²) in [7, 11) is 0. The van der Waals surface area contributed by atoms with E-state index >= 15 is 0 Å². The predicted octanol–water partition coefficient (Wildman–Crippen LogP) is 6.63. The molecule has 1 aliphatic rings. The Morgan fingerprint density at radius 1 is 0.973 bits per heavy atom. The lowest BCUT2D eigenvalue weighted by Gasteiger charge is -2.23. The molecule has 0 fully saturated rings. The largest absolute Gasteiger partial charge is 0.325 e. The van der Waals surface area contributed by atoms with Crippen LogP contribution in [0.2, 0.25) is 0 Å². The number of rotatable bonds is 3. The highest BCUT2D eigenvalue weighted by Crippen LogP contribution is 2.33. The van der Waals surface area contributed by atoms with Crippen LogP contribution in [0.3, 0.4) is 0 Å². The summed E-state index contributed by atoms with van der Waals surface area (Å²) in [5.41, 5.74) is 4.76. The van der Waals surface area contributed by atoms with Gasteiger partial charge in [-0.15, -0.1) is 0 Å². The molecule has 3 heterocycles. The predicted molar refractivity (Wildman–Crippen MR) is 145 cm³/mol. The number of hydrogen-bond donors (Lipinski definition) is 1. The van der Waals surface area contributed by atoms with E-state index in [2.05, 4.69) is 10.3 Å². The molecule has 2 aromatic heterocycles. The Hall–Kier alpha value is -4.06. The first-order chi connectivity index (χ1) is 18.0.